The molecule has 0 N–H and O–H groups in total. The van der Waals surface area contributed by atoms with Crippen LogP contribution in [0.3, 0.4) is 0 Å². The molecular weight excluding hydrogens is 276 g/mol. The molecule has 0 unspecified atom stereocenters. The van der Waals surface area contributed by atoms with Crippen molar-refractivity contribution >= 4 is 10.9 Å². The maximum absolute atomic E-state index is 12.1. The first-order chi connectivity index (χ1) is 10.7. The Hall–Kier alpha value is -1.85. The van der Waals surface area contributed by atoms with Gasteiger partial charge in [0, 0.05) is 44.1 Å². The molecule has 0 atom stereocenters. The third-order valence-electron chi connectivity index (χ3n) is 4.34. The Morgan fingerprint density at radius 1 is 1.09 bits per heavy atom. The van der Waals surface area contributed by atoms with Crippen molar-refractivity contribution in [1.82, 2.24) is 14.9 Å². The fraction of sp³-hybridized carbons (Fsp3) is 0.471. The molecule has 5 heteroatoms. The molecule has 22 heavy (non-hydrogen) atoms. The molecule has 116 valence electrons. The summed E-state index contributed by atoms with van der Waals surface area (Å²) in [7, 11) is 2.16. The van der Waals surface area contributed by atoms with E-state index in [0.717, 1.165) is 66.7 Å². The lowest BCUT2D eigenvalue weighted by Gasteiger charge is -2.32. The van der Waals surface area contributed by atoms with Crippen molar-refractivity contribution in [2.24, 2.45) is 0 Å². The monoisotopic (exact) mass is 299 g/mol. The van der Waals surface area contributed by atoms with Gasteiger partial charge in [-0.05, 0) is 32.1 Å². The average Bonchev–Trinajstić information content (AvgIpc) is 2.68. The maximum Gasteiger partial charge on any atom is 0.271 e. The smallest absolute Gasteiger partial charge is 0.271 e. The molecule has 1 aromatic carbocycles. The van der Waals surface area contributed by atoms with Gasteiger partial charge < -0.3 is 9.80 Å². The average molecular weight is 299 g/mol. The van der Waals surface area contributed by atoms with Gasteiger partial charge in [0.1, 0.15) is 5.52 Å². The maximum atomic E-state index is 12.1. The van der Waals surface area contributed by atoms with E-state index >= 15 is 0 Å². The number of likely N-dealkylation sites (N-methyl/N-ethyl adjacent to an activating group) is 1. The van der Waals surface area contributed by atoms with Gasteiger partial charge >= 0.3 is 0 Å². The predicted molar refractivity (Wildman–Crippen MR) is 87.4 cm³/mol. The molecule has 0 amide bonds. The number of hydrogen-bond acceptors (Lipinski definition) is 4. The molecule has 5 nitrogen and oxygen atoms in total. The molecule has 1 saturated heterocycles. The summed E-state index contributed by atoms with van der Waals surface area (Å²) in [5.41, 5.74) is 1.48. The number of aromatic nitrogens is 2. The van der Waals surface area contributed by atoms with E-state index in [4.69, 9.17) is 0 Å². The van der Waals surface area contributed by atoms with Crippen LogP contribution < -0.4 is 4.54 Å². The molecule has 2 aromatic rings. The molecule has 1 aliphatic rings. The minimum Gasteiger partial charge on any atom is -0.304 e. The molecule has 0 spiro atoms. The van der Waals surface area contributed by atoms with Gasteiger partial charge in [0.15, 0.2) is 4.54 Å². The number of hydrogen-bond donors (Lipinski definition) is 0. The van der Waals surface area contributed by atoms with Gasteiger partial charge in [0.2, 0.25) is 0 Å². The first-order valence-corrected chi connectivity index (χ1v) is 7.95. The molecule has 3 rings (SSSR count). The molecule has 0 aliphatic carbocycles. The van der Waals surface area contributed by atoms with Crippen LogP contribution in [0.25, 0.3) is 10.9 Å². The Kier molecular flexibility index (Phi) is 4.75. The molecule has 1 aromatic heterocycles. The topological polar surface area (TPSA) is 42.3 Å². The van der Waals surface area contributed by atoms with Crippen LogP contribution in [0, 0.1) is 4.91 Å². The number of benzene rings is 1. The summed E-state index contributed by atoms with van der Waals surface area (Å²) in [6.07, 6.45) is 1.76. The summed E-state index contributed by atoms with van der Waals surface area (Å²) in [5, 5.41) is 5.15. The Bertz CT molecular complexity index is 695. The number of nitrogens with zero attached hydrogens (tertiary/aromatic N) is 4. The van der Waals surface area contributed by atoms with Crippen LogP contribution in [-0.2, 0) is 6.42 Å². The van der Waals surface area contributed by atoms with Crippen molar-refractivity contribution in [1.29, 1.82) is 0 Å². The van der Waals surface area contributed by atoms with Gasteiger partial charge in [-0.15, -0.1) is 0 Å². The van der Waals surface area contributed by atoms with Gasteiger partial charge in [0.05, 0.1) is 10.0 Å². The fourth-order valence-corrected chi connectivity index (χ4v) is 2.87. The normalized spacial score (nSPS) is 17.0. The summed E-state index contributed by atoms with van der Waals surface area (Å²) in [5.74, 6) is 0. The van der Waals surface area contributed by atoms with E-state index in [9.17, 15) is 4.91 Å². The van der Waals surface area contributed by atoms with Gasteiger partial charge in [-0.25, -0.2) is 0 Å². The third-order valence-corrected chi connectivity index (χ3v) is 4.34. The third kappa shape index (κ3) is 3.67. The van der Waals surface area contributed by atoms with Crippen LogP contribution in [-0.4, -0.2) is 54.7 Å². The standard InChI is InChI=1S/C17H23N4O/c1-19-11-13-20(14-12-19)10-4-6-16-9-8-15-5-2-3-7-17(15)18-21(16)22/h2-3,5,7-9H,4,6,10-14H2,1H3/q+1. The van der Waals surface area contributed by atoms with Crippen molar-refractivity contribution in [2.75, 3.05) is 39.8 Å². The zero-order valence-corrected chi connectivity index (χ0v) is 13.1. The molecule has 2 heterocycles. The SMILES string of the molecule is CN1CCN(CCCc2ccc3ccccc3n[n+]2=O)CC1. The quantitative estimate of drug-likeness (QED) is 0.799. The van der Waals surface area contributed by atoms with Crippen molar-refractivity contribution in [3.05, 3.63) is 47.0 Å². The van der Waals surface area contributed by atoms with Crippen molar-refractivity contribution in [2.45, 2.75) is 12.8 Å². The molecule has 0 bridgehead atoms. The first kappa shape index (κ1) is 15.1. The van der Waals surface area contributed by atoms with Gasteiger partial charge in [-0.2, -0.15) is 0 Å². The molecule has 0 radical (unpaired) electrons. The van der Waals surface area contributed by atoms with Gasteiger partial charge in [0.25, 0.3) is 5.69 Å². The number of fused-ring (bicyclic) bond motifs is 1. The van der Waals surface area contributed by atoms with Crippen molar-refractivity contribution in [3.63, 3.8) is 0 Å². The largest absolute Gasteiger partial charge is 0.304 e. The summed E-state index contributed by atoms with van der Waals surface area (Å²) >= 11 is 0. The second-order valence-corrected chi connectivity index (χ2v) is 6.00. The number of piperazine rings is 1. The van der Waals surface area contributed by atoms with E-state index in [1.165, 1.54) is 0 Å². The van der Waals surface area contributed by atoms with Crippen LogP contribution in [0.2, 0.25) is 0 Å². The summed E-state index contributed by atoms with van der Waals surface area (Å²) in [6, 6.07) is 11.6. The van der Waals surface area contributed by atoms with Gasteiger partial charge in [-0.3, -0.25) is 0 Å². The second kappa shape index (κ2) is 6.94. The number of rotatable bonds is 4. The van der Waals surface area contributed by atoms with E-state index in [1.54, 1.807) is 0 Å². The fourth-order valence-electron chi connectivity index (χ4n) is 2.87. The lowest BCUT2D eigenvalue weighted by atomic mass is 10.2. The minimum absolute atomic E-state index is 0.739. The molecular formula is C17H23N4O+. The van der Waals surface area contributed by atoms with E-state index < -0.39 is 0 Å². The van der Waals surface area contributed by atoms with E-state index in [0.29, 0.717) is 0 Å². The van der Waals surface area contributed by atoms with Crippen LogP contribution in [0.5, 0.6) is 0 Å². The van der Waals surface area contributed by atoms with Crippen LogP contribution in [0.4, 0.5) is 0 Å². The van der Waals surface area contributed by atoms with Crippen molar-refractivity contribution < 1.29 is 4.54 Å². The molecule has 0 saturated carbocycles. The highest BCUT2D eigenvalue weighted by atomic mass is 16.3. The van der Waals surface area contributed by atoms with Gasteiger partial charge in [-0.1, -0.05) is 18.2 Å². The first-order valence-electron chi connectivity index (χ1n) is 7.95. The Morgan fingerprint density at radius 2 is 1.86 bits per heavy atom. The predicted octanol–water partition coefficient (Wildman–Crippen LogP) is 1.33. The summed E-state index contributed by atoms with van der Waals surface area (Å²) < 4.78 is 0.784. The molecule has 1 aliphatic heterocycles. The Morgan fingerprint density at radius 3 is 2.68 bits per heavy atom. The highest BCUT2D eigenvalue weighted by molar-refractivity contribution is 5.76. The highest BCUT2D eigenvalue weighted by Crippen LogP contribution is 2.08. The van der Waals surface area contributed by atoms with E-state index in [1.807, 2.05) is 36.4 Å². The number of aryl methyl sites for hydroxylation is 1. The summed E-state index contributed by atoms with van der Waals surface area (Å²) in [4.78, 5) is 17.0. The Labute approximate surface area is 130 Å². The lowest BCUT2D eigenvalue weighted by Crippen LogP contribution is -2.44. The minimum atomic E-state index is 0.739. The second-order valence-electron chi connectivity index (χ2n) is 6.00. The zero-order valence-electron chi connectivity index (χ0n) is 13.1. The van der Waals surface area contributed by atoms with Crippen LogP contribution in [0.1, 0.15) is 12.1 Å². The van der Waals surface area contributed by atoms with E-state index in [-0.39, 0.29) is 0 Å². The van der Waals surface area contributed by atoms with E-state index in [2.05, 4.69) is 21.9 Å². The zero-order chi connectivity index (χ0) is 15.4. The van der Waals surface area contributed by atoms with Crippen LogP contribution >= 0.6 is 0 Å². The molecule has 1 fully saturated rings. The van der Waals surface area contributed by atoms with Crippen LogP contribution in [0.15, 0.2) is 36.4 Å². The Balaban J connectivity index is 1.64. The summed E-state index contributed by atoms with van der Waals surface area (Å²) in [6.45, 7) is 5.56. The highest BCUT2D eigenvalue weighted by Gasteiger charge is 2.15. The lowest BCUT2D eigenvalue weighted by molar-refractivity contribution is -0.569. The van der Waals surface area contributed by atoms with Crippen molar-refractivity contribution in [3.8, 4) is 0 Å².